The van der Waals surface area contributed by atoms with Crippen molar-refractivity contribution in [2.45, 2.75) is 24.3 Å². The number of nitrogens with zero attached hydrogens (tertiary/aromatic N) is 3. The van der Waals surface area contributed by atoms with Crippen LogP contribution in [0.1, 0.15) is 18.5 Å². The van der Waals surface area contributed by atoms with Gasteiger partial charge in [-0.15, -0.1) is 0 Å². The third-order valence-corrected chi connectivity index (χ3v) is 8.29. The van der Waals surface area contributed by atoms with Crippen molar-refractivity contribution in [3.63, 3.8) is 0 Å². The molecule has 0 unspecified atom stereocenters. The summed E-state index contributed by atoms with van der Waals surface area (Å²) < 4.78 is 36.9. The summed E-state index contributed by atoms with van der Waals surface area (Å²) in [7, 11) is -0.339. The van der Waals surface area contributed by atoms with Gasteiger partial charge >= 0.3 is 0 Å². The lowest BCUT2D eigenvalue weighted by molar-refractivity contribution is -0.118. The van der Waals surface area contributed by atoms with Crippen molar-refractivity contribution in [1.82, 2.24) is 9.97 Å². The summed E-state index contributed by atoms with van der Waals surface area (Å²) in [5.41, 5.74) is 1.29. The summed E-state index contributed by atoms with van der Waals surface area (Å²) in [5, 5.41) is 0.462. The molecule has 0 N–H and O–H groups in total. The van der Waals surface area contributed by atoms with Crippen LogP contribution in [0.3, 0.4) is 0 Å². The first-order valence-corrected chi connectivity index (χ1v) is 13.4. The molecule has 2 heterocycles. The van der Waals surface area contributed by atoms with Crippen molar-refractivity contribution in [2.75, 3.05) is 24.9 Å². The SMILES string of the molecule is COc1ccc(OC)c2sc(N(Cc3ccccn3)C(=O)CCCS(=O)(=O)c3ccccc3)nc12. The Balaban J connectivity index is 1.60. The van der Waals surface area contributed by atoms with Gasteiger partial charge in [0.15, 0.2) is 15.0 Å². The largest absolute Gasteiger partial charge is 0.495 e. The molecule has 0 fully saturated rings. The van der Waals surface area contributed by atoms with E-state index in [1.165, 1.54) is 11.3 Å². The van der Waals surface area contributed by atoms with Gasteiger partial charge in [0.1, 0.15) is 21.7 Å². The summed E-state index contributed by atoms with van der Waals surface area (Å²) in [6, 6.07) is 17.3. The second-order valence-electron chi connectivity index (χ2n) is 7.68. The van der Waals surface area contributed by atoms with Crippen LogP contribution in [0.15, 0.2) is 71.8 Å². The fourth-order valence-electron chi connectivity index (χ4n) is 3.60. The third-order valence-electron chi connectivity index (χ3n) is 5.38. The van der Waals surface area contributed by atoms with Crippen molar-refractivity contribution in [3.05, 3.63) is 72.6 Å². The molecule has 10 heteroatoms. The zero-order valence-electron chi connectivity index (χ0n) is 19.4. The second-order valence-corrected chi connectivity index (χ2v) is 10.8. The van der Waals surface area contributed by atoms with Crippen LogP contribution in [0.2, 0.25) is 0 Å². The Hall–Kier alpha value is -3.50. The highest BCUT2D eigenvalue weighted by Crippen LogP contribution is 2.40. The van der Waals surface area contributed by atoms with Gasteiger partial charge in [-0.2, -0.15) is 0 Å². The lowest BCUT2D eigenvalue weighted by Crippen LogP contribution is -2.30. The molecule has 0 aliphatic carbocycles. The number of anilines is 1. The number of rotatable bonds is 10. The van der Waals surface area contributed by atoms with E-state index in [4.69, 9.17) is 9.47 Å². The molecule has 182 valence electrons. The Bertz CT molecular complexity index is 1370. The fraction of sp³-hybridized carbons (Fsp3) is 0.240. The fourth-order valence-corrected chi connectivity index (χ4v) is 6.02. The van der Waals surface area contributed by atoms with Crippen LogP contribution in [0, 0.1) is 0 Å². The number of amides is 1. The van der Waals surface area contributed by atoms with Crippen LogP contribution in [0.4, 0.5) is 5.13 Å². The number of pyridine rings is 1. The minimum Gasteiger partial charge on any atom is -0.495 e. The maximum Gasteiger partial charge on any atom is 0.229 e. The van der Waals surface area contributed by atoms with Gasteiger partial charge in [0.2, 0.25) is 5.91 Å². The number of thiazole rings is 1. The molecule has 4 rings (SSSR count). The Morgan fingerprint density at radius 3 is 2.37 bits per heavy atom. The average Bonchev–Trinajstić information content (AvgIpc) is 3.33. The summed E-state index contributed by atoms with van der Waals surface area (Å²) in [6.07, 6.45) is 1.89. The van der Waals surface area contributed by atoms with E-state index in [-0.39, 0.29) is 35.9 Å². The Morgan fingerprint density at radius 1 is 0.971 bits per heavy atom. The molecule has 2 aromatic heterocycles. The van der Waals surface area contributed by atoms with Crippen molar-refractivity contribution >= 4 is 42.4 Å². The first-order valence-electron chi connectivity index (χ1n) is 10.9. The number of hydrogen-bond donors (Lipinski definition) is 0. The standard InChI is InChI=1S/C25H25N3O5S2/c1-32-20-13-14-21(33-2)24-23(20)27-25(34-24)28(17-18-9-6-7-15-26-18)22(29)12-8-16-35(30,31)19-10-4-3-5-11-19/h3-7,9-11,13-15H,8,12,16-17H2,1-2H3. The second kappa shape index (κ2) is 10.8. The van der Waals surface area contributed by atoms with E-state index in [1.807, 2.05) is 12.1 Å². The predicted molar refractivity (Wildman–Crippen MR) is 136 cm³/mol. The van der Waals surface area contributed by atoms with Gasteiger partial charge in [-0.05, 0) is 42.8 Å². The van der Waals surface area contributed by atoms with E-state index < -0.39 is 9.84 Å². The van der Waals surface area contributed by atoms with Crippen LogP contribution < -0.4 is 14.4 Å². The van der Waals surface area contributed by atoms with Gasteiger partial charge in [0.25, 0.3) is 0 Å². The molecular formula is C25H25N3O5S2. The monoisotopic (exact) mass is 511 g/mol. The van der Waals surface area contributed by atoms with Crippen LogP contribution in [0.25, 0.3) is 10.2 Å². The highest BCUT2D eigenvalue weighted by molar-refractivity contribution is 7.91. The van der Waals surface area contributed by atoms with Crippen molar-refractivity contribution in [1.29, 1.82) is 0 Å². The van der Waals surface area contributed by atoms with Gasteiger partial charge < -0.3 is 9.47 Å². The first kappa shape index (κ1) is 24.6. The molecule has 0 saturated carbocycles. The van der Waals surface area contributed by atoms with Gasteiger partial charge in [-0.1, -0.05) is 35.6 Å². The van der Waals surface area contributed by atoms with Crippen LogP contribution in [-0.4, -0.2) is 44.3 Å². The molecule has 0 aliphatic rings. The smallest absolute Gasteiger partial charge is 0.229 e. The summed E-state index contributed by atoms with van der Waals surface area (Å²) in [5.74, 6) is 0.837. The van der Waals surface area contributed by atoms with E-state index in [9.17, 15) is 13.2 Å². The number of carbonyl (C=O) groups excluding carboxylic acids is 1. The highest BCUT2D eigenvalue weighted by Gasteiger charge is 2.24. The average molecular weight is 512 g/mol. The Morgan fingerprint density at radius 2 is 1.69 bits per heavy atom. The zero-order valence-corrected chi connectivity index (χ0v) is 21.0. The number of aromatic nitrogens is 2. The van der Waals surface area contributed by atoms with Gasteiger partial charge in [-0.25, -0.2) is 13.4 Å². The predicted octanol–water partition coefficient (Wildman–Crippen LogP) is 4.50. The van der Waals surface area contributed by atoms with Crippen molar-refractivity contribution in [3.8, 4) is 11.5 Å². The van der Waals surface area contributed by atoms with E-state index >= 15 is 0 Å². The summed E-state index contributed by atoms with van der Waals surface area (Å²) >= 11 is 1.31. The van der Waals surface area contributed by atoms with Gasteiger partial charge in [0, 0.05) is 12.6 Å². The number of ether oxygens (including phenoxy) is 2. The lowest BCUT2D eigenvalue weighted by Gasteiger charge is -2.19. The third kappa shape index (κ3) is 5.60. The number of hydrogen-bond acceptors (Lipinski definition) is 8. The molecule has 2 aromatic carbocycles. The summed E-state index contributed by atoms with van der Waals surface area (Å²) in [6.45, 7) is 0.204. The first-order chi connectivity index (χ1) is 16.9. The molecular weight excluding hydrogens is 486 g/mol. The number of methoxy groups -OCH3 is 2. The maximum atomic E-state index is 13.4. The van der Waals surface area contributed by atoms with Crippen molar-refractivity contribution in [2.24, 2.45) is 0 Å². The van der Waals surface area contributed by atoms with Crippen LogP contribution in [0.5, 0.6) is 11.5 Å². The van der Waals surface area contributed by atoms with E-state index in [0.717, 1.165) is 4.70 Å². The van der Waals surface area contributed by atoms with E-state index in [1.54, 1.807) is 73.8 Å². The molecule has 0 saturated heterocycles. The minimum absolute atomic E-state index is 0.0447. The summed E-state index contributed by atoms with van der Waals surface area (Å²) in [4.78, 5) is 24.2. The molecule has 1 amide bonds. The Kier molecular flexibility index (Phi) is 7.62. The molecule has 0 aliphatic heterocycles. The van der Waals surface area contributed by atoms with Gasteiger partial charge in [-0.3, -0.25) is 14.7 Å². The number of carbonyl (C=O) groups is 1. The molecule has 8 nitrogen and oxygen atoms in total. The molecule has 0 spiro atoms. The zero-order chi connectivity index (χ0) is 24.8. The quantitative estimate of drug-likeness (QED) is 0.309. The van der Waals surface area contributed by atoms with E-state index in [0.29, 0.717) is 27.8 Å². The normalized spacial score (nSPS) is 11.4. The highest BCUT2D eigenvalue weighted by atomic mass is 32.2. The number of sulfone groups is 1. The topological polar surface area (TPSA) is 98.7 Å². The molecule has 0 bridgehead atoms. The molecule has 0 atom stereocenters. The molecule has 4 aromatic rings. The van der Waals surface area contributed by atoms with Crippen LogP contribution >= 0.6 is 11.3 Å². The molecule has 35 heavy (non-hydrogen) atoms. The van der Waals surface area contributed by atoms with Crippen LogP contribution in [-0.2, 0) is 21.2 Å². The minimum atomic E-state index is -3.47. The maximum absolute atomic E-state index is 13.4. The molecule has 0 radical (unpaired) electrons. The van der Waals surface area contributed by atoms with Crippen molar-refractivity contribution < 1.29 is 22.7 Å². The number of benzene rings is 2. The lowest BCUT2D eigenvalue weighted by atomic mass is 10.2. The van der Waals surface area contributed by atoms with Gasteiger partial charge in [0.05, 0.1) is 37.1 Å². The number of fused-ring (bicyclic) bond motifs is 1. The van der Waals surface area contributed by atoms with E-state index in [2.05, 4.69) is 9.97 Å². The Labute approximate surface area is 208 Å².